The van der Waals surface area contributed by atoms with Gasteiger partial charge in [-0.15, -0.1) is 11.3 Å². The first-order chi connectivity index (χ1) is 9.66. The van der Waals surface area contributed by atoms with Gasteiger partial charge in [0, 0.05) is 16.3 Å². The van der Waals surface area contributed by atoms with Crippen molar-refractivity contribution in [2.45, 2.75) is 32.9 Å². The largest absolute Gasteiger partial charge is 0.459 e. The minimum atomic E-state index is 0.194. The normalized spacial score (nSPS) is 14.6. The molecule has 3 aromatic rings. The molecule has 1 N–H and O–H groups in total. The Kier molecular flexibility index (Phi) is 3.64. The number of nitrogens with one attached hydrogen (secondary N) is 1. The van der Waals surface area contributed by atoms with Crippen molar-refractivity contribution in [1.82, 2.24) is 5.32 Å². The first-order valence-electron chi connectivity index (χ1n) is 6.94. The SMILES string of the molecule is Cc1c(C(C)NC(C)c2cccs2)oc2ccccc12. The highest BCUT2D eigenvalue weighted by Crippen LogP contribution is 2.31. The lowest BCUT2D eigenvalue weighted by Gasteiger charge is -2.18. The monoisotopic (exact) mass is 285 g/mol. The summed E-state index contributed by atoms with van der Waals surface area (Å²) >= 11 is 1.78. The molecule has 2 aromatic heterocycles. The van der Waals surface area contributed by atoms with Crippen LogP contribution >= 0.6 is 11.3 Å². The van der Waals surface area contributed by atoms with E-state index in [1.165, 1.54) is 15.8 Å². The van der Waals surface area contributed by atoms with Crippen LogP contribution < -0.4 is 5.32 Å². The number of fused-ring (bicyclic) bond motifs is 1. The number of hydrogen-bond acceptors (Lipinski definition) is 3. The fraction of sp³-hybridized carbons (Fsp3) is 0.294. The third-order valence-corrected chi connectivity index (χ3v) is 4.80. The van der Waals surface area contributed by atoms with Crippen molar-refractivity contribution < 1.29 is 4.42 Å². The summed E-state index contributed by atoms with van der Waals surface area (Å²) in [6.45, 7) is 6.49. The van der Waals surface area contributed by atoms with Crippen LogP contribution in [0.25, 0.3) is 11.0 Å². The van der Waals surface area contributed by atoms with E-state index in [1.807, 2.05) is 12.1 Å². The van der Waals surface area contributed by atoms with E-state index in [-0.39, 0.29) is 6.04 Å². The molecule has 3 heteroatoms. The van der Waals surface area contributed by atoms with Crippen LogP contribution in [0.5, 0.6) is 0 Å². The zero-order chi connectivity index (χ0) is 14.1. The molecule has 0 amide bonds. The van der Waals surface area contributed by atoms with Gasteiger partial charge in [0.1, 0.15) is 11.3 Å². The first kappa shape index (κ1) is 13.4. The maximum atomic E-state index is 6.02. The Hall–Kier alpha value is -1.58. The highest BCUT2D eigenvalue weighted by molar-refractivity contribution is 7.10. The molecule has 0 spiro atoms. The summed E-state index contributed by atoms with van der Waals surface area (Å²) in [6, 6.07) is 13.0. The standard InChI is InChI=1S/C17H19NOS/c1-11-14-7-4-5-8-15(14)19-17(11)13(3)18-12(2)16-9-6-10-20-16/h4-10,12-13,18H,1-3H3. The van der Waals surface area contributed by atoms with E-state index in [9.17, 15) is 0 Å². The smallest absolute Gasteiger partial charge is 0.134 e. The van der Waals surface area contributed by atoms with E-state index in [0.29, 0.717) is 6.04 Å². The second-order valence-corrected chi connectivity index (χ2v) is 6.19. The van der Waals surface area contributed by atoms with Crippen molar-refractivity contribution >= 4 is 22.3 Å². The third-order valence-electron chi connectivity index (χ3n) is 3.74. The van der Waals surface area contributed by atoms with E-state index in [0.717, 1.165) is 11.3 Å². The second kappa shape index (κ2) is 5.43. The van der Waals surface area contributed by atoms with Crippen molar-refractivity contribution in [3.8, 4) is 0 Å². The van der Waals surface area contributed by atoms with Gasteiger partial charge in [-0.3, -0.25) is 0 Å². The van der Waals surface area contributed by atoms with Crippen LogP contribution in [-0.2, 0) is 0 Å². The molecule has 3 rings (SSSR count). The molecule has 0 bridgehead atoms. The van der Waals surface area contributed by atoms with E-state index >= 15 is 0 Å². The average molecular weight is 285 g/mol. The van der Waals surface area contributed by atoms with Crippen molar-refractivity contribution in [2.24, 2.45) is 0 Å². The van der Waals surface area contributed by atoms with Gasteiger partial charge in [0.25, 0.3) is 0 Å². The Morgan fingerprint density at radius 1 is 1.05 bits per heavy atom. The number of furan rings is 1. The summed E-state index contributed by atoms with van der Waals surface area (Å²) in [5, 5.41) is 6.94. The van der Waals surface area contributed by atoms with Crippen LogP contribution in [0.2, 0.25) is 0 Å². The highest BCUT2D eigenvalue weighted by Gasteiger charge is 2.18. The van der Waals surface area contributed by atoms with Gasteiger partial charge in [0.2, 0.25) is 0 Å². The molecule has 0 fully saturated rings. The van der Waals surface area contributed by atoms with Crippen LogP contribution in [0.3, 0.4) is 0 Å². The predicted octanol–water partition coefficient (Wildman–Crippen LogP) is 5.21. The quantitative estimate of drug-likeness (QED) is 0.711. The minimum Gasteiger partial charge on any atom is -0.459 e. The van der Waals surface area contributed by atoms with E-state index < -0.39 is 0 Å². The van der Waals surface area contributed by atoms with Gasteiger partial charge in [0.15, 0.2) is 0 Å². The lowest BCUT2D eigenvalue weighted by molar-refractivity contribution is 0.417. The Morgan fingerprint density at radius 3 is 2.55 bits per heavy atom. The van der Waals surface area contributed by atoms with Gasteiger partial charge in [-0.1, -0.05) is 24.3 Å². The van der Waals surface area contributed by atoms with Gasteiger partial charge in [-0.2, -0.15) is 0 Å². The lowest BCUT2D eigenvalue weighted by atomic mass is 10.1. The minimum absolute atomic E-state index is 0.194. The molecule has 1 aromatic carbocycles. The second-order valence-electron chi connectivity index (χ2n) is 5.21. The number of benzene rings is 1. The number of hydrogen-bond donors (Lipinski definition) is 1. The molecule has 0 saturated heterocycles. The van der Waals surface area contributed by atoms with Crippen molar-refractivity contribution in [1.29, 1.82) is 0 Å². The lowest BCUT2D eigenvalue weighted by Crippen LogP contribution is -2.21. The molecule has 104 valence electrons. The molecule has 0 radical (unpaired) electrons. The van der Waals surface area contributed by atoms with Crippen LogP contribution in [0, 0.1) is 6.92 Å². The average Bonchev–Trinajstić information content (AvgIpc) is 3.07. The molecule has 0 aliphatic carbocycles. The zero-order valence-electron chi connectivity index (χ0n) is 12.0. The fourth-order valence-corrected chi connectivity index (χ4v) is 3.42. The summed E-state index contributed by atoms with van der Waals surface area (Å²) in [6.07, 6.45) is 0. The van der Waals surface area contributed by atoms with Gasteiger partial charge in [-0.25, -0.2) is 0 Å². The number of rotatable bonds is 4. The summed E-state index contributed by atoms with van der Waals surface area (Å²) in [7, 11) is 0. The summed E-state index contributed by atoms with van der Waals surface area (Å²) in [4.78, 5) is 1.35. The number of aryl methyl sites for hydroxylation is 1. The zero-order valence-corrected chi connectivity index (χ0v) is 12.8. The van der Waals surface area contributed by atoms with Gasteiger partial charge >= 0.3 is 0 Å². The van der Waals surface area contributed by atoms with Crippen LogP contribution in [-0.4, -0.2) is 0 Å². The molecule has 2 heterocycles. The Morgan fingerprint density at radius 2 is 1.85 bits per heavy atom. The summed E-state index contributed by atoms with van der Waals surface area (Å²) in [5.74, 6) is 1.04. The maximum absolute atomic E-state index is 6.02. The molecular formula is C17H19NOS. The van der Waals surface area contributed by atoms with Crippen molar-refractivity contribution in [3.63, 3.8) is 0 Å². The fourth-order valence-electron chi connectivity index (χ4n) is 2.68. The van der Waals surface area contributed by atoms with Crippen molar-refractivity contribution in [3.05, 3.63) is 58.0 Å². The van der Waals surface area contributed by atoms with Gasteiger partial charge < -0.3 is 9.73 Å². The number of thiophene rings is 1. The van der Waals surface area contributed by atoms with Crippen LogP contribution in [0.4, 0.5) is 0 Å². The Balaban J connectivity index is 1.85. The van der Waals surface area contributed by atoms with Gasteiger partial charge in [-0.05, 0) is 43.8 Å². The van der Waals surface area contributed by atoms with Crippen LogP contribution in [0.1, 0.15) is 42.1 Å². The summed E-state index contributed by atoms with van der Waals surface area (Å²) < 4.78 is 6.02. The molecular weight excluding hydrogens is 266 g/mol. The van der Waals surface area contributed by atoms with Crippen molar-refractivity contribution in [2.75, 3.05) is 0 Å². The molecule has 2 unspecified atom stereocenters. The van der Waals surface area contributed by atoms with E-state index in [1.54, 1.807) is 11.3 Å². The third kappa shape index (κ3) is 2.39. The van der Waals surface area contributed by atoms with Crippen LogP contribution in [0.15, 0.2) is 46.2 Å². The Bertz CT molecular complexity index is 699. The summed E-state index contributed by atoms with van der Waals surface area (Å²) in [5.41, 5.74) is 2.21. The van der Waals surface area contributed by atoms with E-state index in [2.05, 4.69) is 55.7 Å². The van der Waals surface area contributed by atoms with Gasteiger partial charge in [0.05, 0.1) is 6.04 Å². The molecule has 2 nitrogen and oxygen atoms in total. The molecule has 20 heavy (non-hydrogen) atoms. The molecule has 2 atom stereocenters. The van der Waals surface area contributed by atoms with E-state index in [4.69, 9.17) is 4.42 Å². The highest BCUT2D eigenvalue weighted by atomic mass is 32.1. The predicted molar refractivity (Wildman–Crippen MR) is 85.2 cm³/mol. The molecule has 0 saturated carbocycles. The number of para-hydroxylation sites is 1. The molecule has 0 aliphatic rings. The molecule has 0 aliphatic heterocycles. The topological polar surface area (TPSA) is 25.2 Å². The first-order valence-corrected chi connectivity index (χ1v) is 7.82. The maximum Gasteiger partial charge on any atom is 0.134 e. The Labute approximate surface area is 123 Å².